The molecule has 0 unspecified atom stereocenters. The van der Waals surface area contributed by atoms with Crippen LogP contribution in [0.4, 0.5) is 0 Å². The van der Waals surface area contributed by atoms with Crippen molar-refractivity contribution in [3.63, 3.8) is 0 Å². The van der Waals surface area contributed by atoms with Gasteiger partial charge in [-0.15, -0.1) is 0 Å². The van der Waals surface area contributed by atoms with E-state index < -0.39 is 18.5 Å². The molecule has 0 aromatic carbocycles. The lowest BCUT2D eigenvalue weighted by molar-refractivity contribution is -0.107. The van der Waals surface area contributed by atoms with E-state index in [2.05, 4.69) is 4.65 Å². The van der Waals surface area contributed by atoms with E-state index in [1.807, 2.05) is 0 Å². The Kier molecular flexibility index (Phi) is 5.22. The standard InChI is InChI=1S/C6H14O2.C3H7BO3/c1-5(2,7)6(3,4)8;5-4(6)7-3-1-2-3/h7-8H,1-4H3;3,5-6H,1-2H2. The highest BCUT2D eigenvalue weighted by Crippen LogP contribution is 2.23. The number of hydrogen-bond acceptors (Lipinski definition) is 5. The van der Waals surface area contributed by atoms with Crippen LogP contribution in [-0.2, 0) is 4.65 Å². The molecule has 0 aliphatic heterocycles. The molecule has 90 valence electrons. The van der Waals surface area contributed by atoms with Crippen molar-refractivity contribution < 1.29 is 24.9 Å². The molecule has 0 bridgehead atoms. The van der Waals surface area contributed by atoms with E-state index in [-0.39, 0.29) is 6.10 Å². The molecule has 0 amide bonds. The third kappa shape index (κ3) is 7.75. The van der Waals surface area contributed by atoms with Crippen LogP contribution in [0.15, 0.2) is 0 Å². The largest absolute Gasteiger partial charge is 0.634 e. The number of hydrogen-bond donors (Lipinski definition) is 4. The second kappa shape index (κ2) is 5.27. The first kappa shape index (κ1) is 14.9. The van der Waals surface area contributed by atoms with E-state index in [1.165, 1.54) is 0 Å². The monoisotopic (exact) mass is 220 g/mol. The molecule has 0 aromatic rings. The molecule has 0 heterocycles. The van der Waals surface area contributed by atoms with Gasteiger partial charge in [-0.2, -0.15) is 0 Å². The van der Waals surface area contributed by atoms with Crippen molar-refractivity contribution in [2.45, 2.75) is 57.8 Å². The van der Waals surface area contributed by atoms with Crippen LogP contribution in [0.5, 0.6) is 0 Å². The van der Waals surface area contributed by atoms with Crippen molar-refractivity contribution in [2.75, 3.05) is 0 Å². The fraction of sp³-hybridized carbons (Fsp3) is 1.00. The molecule has 4 N–H and O–H groups in total. The third-order valence-corrected chi connectivity index (χ3v) is 2.34. The molecule has 0 spiro atoms. The first-order valence-electron chi connectivity index (χ1n) is 5.00. The van der Waals surface area contributed by atoms with Gasteiger partial charge in [-0.1, -0.05) is 0 Å². The minimum atomic E-state index is -1.56. The van der Waals surface area contributed by atoms with Crippen LogP contribution in [-0.4, -0.2) is 44.9 Å². The molecule has 0 aromatic heterocycles. The highest BCUT2D eigenvalue weighted by atomic mass is 16.6. The zero-order chi connectivity index (χ0) is 12.3. The van der Waals surface area contributed by atoms with Gasteiger partial charge in [0.25, 0.3) is 0 Å². The third-order valence-electron chi connectivity index (χ3n) is 2.34. The summed E-state index contributed by atoms with van der Waals surface area (Å²) in [5.74, 6) is 0. The summed E-state index contributed by atoms with van der Waals surface area (Å²) in [6, 6.07) is 0. The molecule has 1 fully saturated rings. The van der Waals surface area contributed by atoms with Gasteiger partial charge in [0.15, 0.2) is 0 Å². The summed E-state index contributed by atoms with van der Waals surface area (Å²) in [5.41, 5.74) is -2.01. The van der Waals surface area contributed by atoms with Crippen molar-refractivity contribution in [1.29, 1.82) is 0 Å². The topological polar surface area (TPSA) is 90.2 Å². The summed E-state index contributed by atoms with van der Waals surface area (Å²) >= 11 is 0. The van der Waals surface area contributed by atoms with Gasteiger partial charge >= 0.3 is 7.32 Å². The maximum atomic E-state index is 9.10. The molecule has 1 aliphatic rings. The molecule has 5 nitrogen and oxygen atoms in total. The van der Waals surface area contributed by atoms with Gasteiger partial charge < -0.3 is 24.9 Å². The predicted octanol–water partition coefficient (Wildman–Crippen LogP) is -0.337. The minimum Gasteiger partial charge on any atom is -0.402 e. The predicted molar refractivity (Wildman–Crippen MR) is 56.9 cm³/mol. The first-order valence-corrected chi connectivity index (χ1v) is 5.00. The molecule has 0 atom stereocenters. The maximum Gasteiger partial charge on any atom is 0.634 e. The van der Waals surface area contributed by atoms with Gasteiger partial charge in [0, 0.05) is 6.10 Å². The molecular formula is C9H21BO5. The van der Waals surface area contributed by atoms with Crippen LogP contribution in [0.25, 0.3) is 0 Å². The lowest BCUT2D eigenvalue weighted by atomic mass is 9.90. The van der Waals surface area contributed by atoms with Crippen molar-refractivity contribution in [3.8, 4) is 0 Å². The van der Waals surface area contributed by atoms with Gasteiger partial charge in [-0.25, -0.2) is 0 Å². The van der Waals surface area contributed by atoms with Crippen molar-refractivity contribution in [2.24, 2.45) is 0 Å². The van der Waals surface area contributed by atoms with Crippen molar-refractivity contribution in [3.05, 3.63) is 0 Å². The first-order chi connectivity index (χ1) is 6.54. The fourth-order valence-electron chi connectivity index (χ4n) is 0.376. The van der Waals surface area contributed by atoms with Crippen LogP contribution < -0.4 is 0 Å². The Bertz CT molecular complexity index is 166. The highest BCUT2D eigenvalue weighted by molar-refractivity contribution is 6.32. The number of rotatable bonds is 3. The summed E-state index contributed by atoms with van der Waals surface area (Å²) in [6.07, 6.45) is 2.06. The normalized spacial score (nSPS) is 16.8. The summed E-state index contributed by atoms with van der Waals surface area (Å²) in [6.45, 7) is 6.31. The van der Waals surface area contributed by atoms with Crippen molar-refractivity contribution in [1.82, 2.24) is 0 Å². The molecule has 1 aliphatic carbocycles. The van der Waals surface area contributed by atoms with Gasteiger partial charge in [0.05, 0.1) is 11.2 Å². The van der Waals surface area contributed by atoms with E-state index in [0.717, 1.165) is 12.8 Å². The quantitative estimate of drug-likeness (QED) is 0.488. The molecule has 1 saturated carbocycles. The molecule has 0 radical (unpaired) electrons. The zero-order valence-corrected chi connectivity index (χ0v) is 9.77. The lowest BCUT2D eigenvalue weighted by Crippen LogP contribution is -2.44. The van der Waals surface area contributed by atoms with Crippen LogP contribution in [0.2, 0.25) is 0 Å². The van der Waals surface area contributed by atoms with E-state index in [0.29, 0.717) is 0 Å². The van der Waals surface area contributed by atoms with E-state index in [4.69, 9.17) is 20.3 Å². The van der Waals surface area contributed by atoms with Crippen LogP contribution in [0.1, 0.15) is 40.5 Å². The Labute approximate surface area is 90.9 Å². The Balaban J connectivity index is 0.000000262. The second-order valence-electron chi connectivity index (χ2n) is 4.78. The van der Waals surface area contributed by atoms with Crippen LogP contribution in [0, 0.1) is 0 Å². The molecular weight excluding hydrogens is 199 g/mol. The molecule has 15 heavy (non-hydrogen) atoms. The maximum absolute atomic E-state index is 9.10. The fourth-order valence-corrected chi connectivity index (χ4v) is 0.376. The van der Waals surface area contributed by atoms with Gasteiger partial charge in [0.1, 0.15) is 0 Å². The molecule has 6 heteroatoms. The van der Waals surface area contributed by atoms with Gasteiger partial charge in [-0.05, 0) is 40.5 Å². The average molecular weight is 220 g/mol. The Morgan fingerprint density at radius 3 is 1.40 bits per heavy atom. The Hall–Kier alpha value is -0.135. The van der Waals surface area contributed by atoms with E-state index in [1.54, 1.807) is 27.7 Å². The average Bonchev–Trinajstić information content (AvgIpc) is 2.66. The smallest absolute Gasteiger partial charge is 0.402 e. The van der Waals surface area contributed by atoms with Gasteiger partial charge in [0.2, 0.25) is 0 Å². The lowest BCUT2D eigenvalue weighted by Gasteiger charge is -2.31. The van der Waals surface area contributed by atoms with Crippen LogP contribution >= 0.6 is 0 Å². The summed E-state index contributed by atoms with van der Waals surface area (Å²) < 4.78 is 4.47. The highest BCUT2D eigenvalue weighted by Gasteiger charge is 2.31. The zero-order valence-electron chi connectivity index (χ0n) is 9.77. The Morgan fingerprint density at radius 1 is 1.00 bits per heavy atom. The van der Waals surface area contributed by atoms with Crippen LogP contribution in [0.3, 0.4) is 0 Å². The van der Waals surface area contributed by atoms with E-state index >= 15 is 0 Å². The molecule has 0 saturated heterocycles. The summed E-state index contributed by atoms with van der Waals surface area (Å²) in [7, 11) is -1.56. The molecule has 1 rings (SSSR count). The Morgan fingerprint density at radius 2 is 1.33 bits per heavy atom. The summed E-state index contributed by atoms with van der Waals surface area (Å²) in [4.78, 5) is 0. The minimum absolute atomic E-state index is 0.125. The number of aliphatic hydroxyl groups is 2. The van der Waals surface area contributed by atoms with Gasteiger partial charge in [-0.3, -0.25) is 0 Å². The van der Waals surface area contributed by atoms with E-state index in [9.17, 15) is 0 Å². The SMILES string of the molecule is CC(C)(O)C(C)(C)O.OB(O)OC1CC1. The van der Waals surface area contributed by atoms with Crippen molar-refractivity contribution >= 4 is 7.32 Å². The second-order valence-corrected chi connectivity index (χ2v) is 4.78. The summed E-state index contributed by atoms with van der Waals surface area (Å²) in [5, 5.41) is 34.4.